The quantitative estimate of drug-likeness (QED) is 0.110. The number of rotatable bonds is 12. The number of aromatic nitrogens is 4. The number of amides is 3. The number of methoxy groups -OCH3 is 1. The van der Waals surface area contributed by atoms with E-state index >= 15 is 8.78 Å². The van der Waals surface area contributed by atoms with Crippen molar-refractivity contribution >= 4 is 62.7 Å². The van der Waals surface area contributed by atoms with E-state index in [0.717, 1.165) is 69.4 Å². The Hall–Kier alpha value is -7.29. The summed E-state index contributed by atoms with van der Waals surface area (Å²) < 4.78 is 37.9. The Morgan fingerprint density at radius 2 is 1.28 bits per heavy atom. The molecule has 0 spiro atoms. The molecule has 2 aromatic heterocycles. The van der Waals surface area contributed by atoms with Crippen LogP contribution in [0.4, 0.5) is 36.3 Å². The van der Waals surface area contributed by atoms with Gasteiger partial charge in [0.25, 0.3) is 0 Å². The topological polar surface area (TPSA) is 143 Å². The fourth-order valence-electron chi connectivity index (χ4n) is 11.8. The maximum absolute atomic E-state index is 16.5. The number of ether oxygens (including phenoxy) is 1. The fourth-order valence-corrected chi connectivity index (χ4v) is 11.8. The number of H-pyrrole nitrogens is 2. The summed E-state index contributed by atoms with van der Waals surface area (Å²) in [6.07, 6.45) is 7.52. The Balaban J connectivity index is 0.945. The summed E-state index contributed by atoms with van der Waals surface area (Å²) in [5.74, 6) is -0.0914. The minimum Gasteiger partial charge on any atom is -0.453 e. The van der Waals surface area contributed by atoms with Crippen molar-refractivity contribution in [1.29, 1.82) is 0 Å². The molecule has 371 valence electrons. The van der Waals surface area contributed by atoms with Crippen molar-refractivity contribution in [2.24, 2.45) is 5.92 Å². The standard InChI is InChI=1S/C57H60F2N9O4/c1-5-13-43(64-57(71)72-4)56(70)68-47-17-10-8-15-35(47)30-51(68)55-61-42-21-19-37(28-45(42)63-55)49-23-22-48(66(49)38-31-39(58)53(40(59)32-38)65-24-11-6-12-25-65)36-18-20-41-44(27-36)62-54(60-41)50-29-34-14-7-9-16-46(34)67(50)52(69)26-33(2)3/h7-10,14-21,26-28,31-33,43,48-51H,5-6,11-13,22-25,29-30H2,1-4H3,(H,60,62)(H,61,63)(H,64,71)/t43-,48-,49-,50+,51+/m1/s1. The van der Waals surface area contributed by atoms with Crippen LogP contribution in [-0.4, -0.2) is 64.1 Å². The van der Waals surface area contributed by atoms with Crippen LogP contribution in [0.1, 0.15) is 124 Å². The molecule has 11 rings (SSSR count). The predicted molar refractivity (Wildman–Crippen MR) is 276 cm³/mol. The molecule has 0 aliphatic carbocycles. The van der Waals surface area contributed by atoms with Crippen molar-refractivity contribution in [2.75, 3.05) is 39.8 Å². The van der Waals surface area contributed by atoms with Crippen molar-refractivity contribution in [1.82, 2.24) is 25.3 Å². The number of aromatic amines is 2. The number of hydrogen-bond donors (Lipinski definition) is 3. The zero-order chi connectivity index (χ0) is 49.8. The molecular weight excluding hydrogens is 913 g/mol. The van der Waals surface area contributed by atoms with Gasteiger partial charge in [-0.05, 0) is 115 Å². The summed E-state index contributed by atoms with van der Waals surface area (Å²) in [5, 5.41) is 2.75. The third kappa shape index (κ3) is 8.59. The summed E-state index contributed by atoms with van der Waals surface area (Å²) >= 11 is 0. The van der Waals surface area contributed by atoms with Crippen molar-refractivity contribution in [3.05, 3.63) is 149 Å². The smallest absolute Gasteiger partial charge is 0.407 e. The number of hydrogen-bond acceptors (Lipinski definition) is 8. The molecule has 2 fully saturated rings. The predicted octanol–water partition coefficient (Wildman–Crippen LogP) is 11.4. The molecule has 0 unspecified atom stereocenters. The molecule has 6 heterocycles. The largest absolute Gasteiger partial charge is 0.453 e. The normalized spacial score (nSPS) is 20.2. The first-order valence-corrected chi connectivity index (χ1v) is 25.5. The number of anilines is 4. The number of nitrogens with zero attached hydrogens (tertiary/aromatic N) is 6. The second kappa shape index (κ2) is 19.4. The van der Waals surface area contributed by atoms with Gasteiger partial charge >= 0.3 is 6.09 Å². The van der Waals surface area contributed by atoms with Crippen LogP contribution in [0.25, 0.3) is 22.1 Å². The molecule has 4 aliphatic heterocycles. The fraction of sp³-hybridized carbons (Fsp3) is 0.368. The molecule has 15 heteroatoms. The van der Waals surface area contributed by atoms with Gasteiger partial charge in [-0.3, -0.25) is 14.5 Å². The maximum atomic E-state index is 16.5. The first kappa shape index (κ1) is 47.1. The highest BCUT2D eigenvalue weighted by Crippen LogP contribution is 2.50. The first-order chi connectivity index (χ1) is 35.0. The lowest BCUT2D eigenvalue weighted by Crippen LogP contribution is -2.49. The number of imidazole rings is 2. The summed E-state index contributed by atoms with van der Waals surface area (Å²) in [5.41, 5.74) is 9.16. The molecule has 3 amide bonds. The SMILES string of the molecule is CCC[C@@H](NC(=O)OC)C(=O)N1c2ccccc2C[C@H]1c1nc2cc([C@H]3CC[C@H](c4ccc5[nH]c([C@@H]6Cc7ccccc7N6C(=O)[CH]C(C)C)nc5c4)N3c3cc(F)c(N4CCCCC4)c(F)c3)ccc2[nH]1. The molecule has 5 aromatic carbocycles. The Labute approximate surface area is 417 Å². The number of halogens is 2. The van der Waals surface area contributed by atoms with Gasteiger partial charge in [0.1, 0.15) is 23.4 Å². The van der Waals surface area contributed by atoms with E-state index in [1.807, 2.05) is 91.2 Å². The molecule has 13 nitrogen and oxygen atoms in total. The second-order valence-electron chi connectivity index (χ2n) is 20.1. The number of alkyl carbamates (subject to hydrolysis) is 1. The third-order valence-electron chi connectivity index (χ3n) is 15.1. The number of nitrogens with one attached hydrogen (secondary N) is 3. The van der Waals surface area contributed by atoms with Gasteiger partial charge in [0, 0.05) is 43.0 Å². The van der Waals surface area contributed by atoms with Crippen LogP contribution in [0.15, 0.2) is 97.1 Å². The third-order valence-corrected chi connectivity index (χ3v) is 15.1. The van der Waals surface area contributed by atoms with Crippen LogP contribution >= 0.6 is 0 Å². The van der Waals surface area contributed by atoms with Gasteiger partial charge in [-0.2, -0.15) is 0 Å². The van der Waals surface area contributed by atoms with Crippen LogP contribution < -0.4 is 24.9 Å². The van der Waals surface area contributed by atoms with Crippen LogP contribution in [0, 0.1) is 24.0 Å². The van der Waals surface area contributed by atoms with E-state index in [2.05, 4.69) is 44.5 Å². The van der Waals surface area contributed by atoms with E-state index < -0.39 is 29.8 Å². The lowest BCUT2D eigenvalue weighted by Gasteiger charge is -2.35. The average Bonchev–Trinajstić information content (AvgIpc) is 4.23. The van der Waals surface area contributed by atoms with Gasteiger partial charge in [0.05, 0.1) is 59.8 Å². The van der Waals surface area contributed by atoms with Crippen LogP contribution in [0.5, 0.6) is 0 Å². The monoisotopic (exact) mass is 972 g/mol. The lowest BCUT2D eigenvalue weighted by molar-refractivity contribution is -0.121. The van der Waals surface area contributed by atoms with E-state index in [9.17, 15) is 14.4 Å². The van der Waals surface area contributed by atoms with E-state index in [-0.39, 0.29) is 41.5 Å². The average molecular weight is 973 g/mol. The number of piperidine rings is 1. The highest BCUT2D eigenvalue weighted by Gasteiger charge is 2.42. The lowest BCUT2D eigenvalue weighted by atomic mass is 10.0. The molecule has 3 N–H and O–H groups in total. The van der Waals surface area contributed by atoms with Crippen LogP contribution in [-0.2, 0) is 27.2 Å². The zero-order valence-corrected chi connectivity index (χ0v) is 41.1. The van der Waals surface area contributed by atoms with Crippen molar-refractivity contribution < 1.29 is 27.9 Å². The van der Waals surface area contributed by atoms with Gasteiger partial charge in [-0.1, -0.05) is 75.7 Å². The number of benzene rings is 5. The maximum Gasteiger partial charge on any atom is 0.407 e. The number of para-hydroxylation sites is 2. The summed E-state index contributed by atoms with van der Waals surface area (Å²) in [6.45, 7) is 7.18. The summed E-state index contributed by atoms with van der Waals surface area (Å²) in [4.78, 5) is 65.5. The molecular formula is C57H60F2N9O4. The molecule has 1 radical (unpaired) electrons. The summed E-state index contributed by atoms with van der Waals surface area (Å²) in [7, 11) is 1.28. The molecule has 0 saturated carbocycles. The first-order valence-electron chi connectivity index (χ1n) is 25.5. The number of carbonyl (C=O) groups is 3. The highest BCUT2D eigenvalue weighted by atomic mass is 19.1. The van der Waals surface area contributed by atoms with Gasteiger partial charge in [0.15, 0.2) is 11.6 Å². The Kier molecular flexibility index (Phi) is 12.7. The minimum absolute atomic E-state index is 0.0259. The molecule has 2 saturated heterocycles. The van der Waals surface area contributed by atoms with Crippen molar-refractivity contribution in [3.8, 4) is 0 Å². The zero-order valence-electron chi connectivity index (χ0n) is 41.1. The number of carbonyl (C=O) groups excluding carboxylic acids is 3. The molecule has 72 heavy (non-hydrogen) atoms. The van der Waals surface area contributed by atoms with Crippen LogP contribution in [0.3, 0.4) is 0 Å². The van der Waals surface area contributed by atoms with Gasteiger partial charge in [0.2, 0.25) is 11.8 Å². The van der Waals surface area contributed by atoms with Crippen LogP contribution in [0.2, 0.25) is 0 Å². The Morgan fingerprint density at radius 1 is 0.736 bits per heavy atom. The molecule has 5 atom stereocenters. The highest BCUT2D eigenvalue weighted by molar-refractivity contribution is 6.02. The summed E-state index contributed by atoms with van der Waals surface area (Å²) in [6, 6.07) is 28.9. The second-order valence-corrected chi connectivity index (χ2v) is 20.1. The van der Waals surface area contributed by atoms with E-state index in [1.54, 1.807) is 11.3 Å². The molecule has 4 aliphatic rings. The van der Waals surface area contributed by atoms with Gasteiger partial charge < -0.3 is 34.7 Å². The molecule has 7 aromatic rings. The van der Waals surface area contributed by atoms with Gasteiger partial charge in [-0.15, -0.1) is 0 Å². The number of fused-ring (bicyclic) bond motifs is 4. The van der Waals surface area contributed by atoms with Crippen molar-refractivity contribution in [2.45, 2.75) is 109 Å². The Morgan fingerprint density at radius 3 is 1.82 bits per heavy atom. The van der Waals surface area contributed by atoms with E-state index in [0.29, 0.717) is 74.5 Å². The van der Waals surface area contributed by atoms with E-state index in [1.165, 1.54) is 19.2 Å². The van der Waals surface area contributed by atoms with E-state index in [4.69, 9.17) is 14.7 Å². The molecule has 0 bridgehead atoms. The Bertz CT molecular complexity index is 3180. The van der Waals surface area contributed by atoms with Gasteiger partial charge in [-0.25, -0.2) is 23.5 Å². The van der Waals surface area contributed by atoms with Crippen molar-refractivity contribution in [3.63, 3.8) is 0 Å². The minimum atomic E-state index is -0.799.